The van der Waals surface area contributed by atoms with Gasteiger partial charge < -0.3 is 9.72 Å². The summed E-state index contributed by atoms with van der Waals surface area (Å²) in [7, 11) is 3.30. The van der Waals surface area contributed by atoms with Gasteiger partial charge in [-0.15, -0.1) is 0 Å². The molecule has 2 aromatic rings. The van der Waals surface area contributed by atoms with Crippen LogP contribution in [0.25, 0.3) is 11.2 Å². The lowest BCUT2D eigenvalue weighted by Gasteiger charge is -2.05. The molecule has 0 radical (unpaired) electrons. The molecule has 0 saturated carbocycles. The summed E-state index contributed by atoms with van der Waals surface area (Å²) in [6.07, 6.45) is 1.53. The Morgan fingerprint density at radius 2 is 2.38 bits per heavy atom. The fourth-order valence-electron chi connectivity index (χ4n) is 1.22. The van der Waals surface area contributed by atoms with Gasteiger partial charge in [0, 0.05) is 7.05 Å². The Kier molecular flexibility index (Phi) is 1.54. The molecule has 0 saturated heterocycles. The lowest BCUT2D eigenvalue weighted by Crippen LogP contribution is -2.14. The second-order valence-electron chi connectivity index (χ2n) is 2.61. The van der Waals surface area contributed by atoms with Crippen molar-refractivity contribution in [1.82, 2.24) is 19.5 Å². The number of aryl methyl sites for hydroxylation is 1. The number of nitrogens with zero attached hydrogens (tertiary/aromatic N) is 3. The van der Waals surface area contributed by atoms with Gasteiger partial charge in [-0.1, -0.05) is 0 Å². The number of imidazole rings is 1. The molecule has 0 aromatic carbocycles. The topological polar surface area (TPSA) is 79.6 Å². The van der Waals surface area contributed by atoms with Gasteiger partial charge in [0.15, 0.2) is 11.1 Å². The molecule has 0 amide bonds. The molecule has 2 N–H and O–H groups in total. The Bertz CT molecular complexity index is 497. The Morgan fingerprint density at radius 3 is 3.08 bits per heavy atom. The molecule has 2 rings (SSSR count). The largest absolute Gasteiger partial charge is 0.468 e. The zero-order valence-electron chi connectivity index (χ0n) is 7.33. The number of ether oxygens (including phenoxy) is 1. The van der Waals surface area contributed by atoms with Crippen LogP contribution in [0.4, 0.5) is 0 Å². The molecule has 0 bridgehead atoms. The van der Waals surface area contributed by atoms with Crippen molar-refractivity contribution in [2.45, 2.75) is 0 Å². The first-order valence-electron chi connectivity index (χ1n) is 3.72. The number of rotatable bonds is 1. The summed E-state index contributed by atoms with van der Waals surface area (Å²) in [6, 6.07) is 0.379. The first-order chi connectivity index (χ1) is 6.24. The first kappa shape index (κ1) is 7.78. The van der Waals surface area contributed by atoms with Gasteiger partial charge in [-0.3, -0.25) is 9.98 Å². The fourth-order valence-corrected chi connectivity index (χ4v) is 1.22. The van der Waals surface area contributed by atoms with Crippen molar-refractivity contribution in [3.63, 3.8) is 0 Å². The molecule has 0 aliphatic carbocycles. The highest BCUT2D eigenvalue weighted by Gasteiger charge is 2.07. The summed E-state index contributed by atoms with van der Waals surface area (Å²) < 4.78 is 6.67. The van der Waals surface area contributed by atoms with Crippen molar-refractivity contribution in [2.24, 2.45) is 7.05 Å². The zero-order chi connectivity index (χ0) is 9.42. The molecule has 68 valence electrons. The van der Waals surface area contributed by atoms with E-state index in [1.807, 2.05) is 0 Å². The third-order valence-corrected chi connectivity index (χ3v) is 1.85. The van der Waals surface area contributed by atoms with Gasteiger partial charge >= 0.3 is 0 Å². The predicted octanol–water partition coefficient (Wildman–Crippen LogP) is -0.216. The molecule has 0 fully saturated rings. The van der Waals surface area contributed by atoms with E-state index in [2.05, 4.69) is 15.0 Å². The molecule has 0 aliphatic heterocycles. The Balaban J connectivity index is 2.94. The van der Waals surface area contributed by atoms with Crippen LogP contribution in [0.3, 0.4) is 0 Å². The monoisotopic (exact) mass is 179 g/mol. The summed E-state index contributed by atoms with van der Waals surface area (Å²) in [6.45, 7) is 0. The maximum absolute atomic E-state index is 7.55. The maximum atomic E-state index is 7.55. The SMILES string of the molecule is COc1nc(=N)c2[nH]cnc2n1C. The second kappa shape index (κ2) is 2.58. The highest BCUT2D eigenvalue weighted by Crippen LogP contribution is 2.08. The molecule has 0 spiro atoms. The summed E-state index contributed by atoms with van der Waals surface area (Å²) in [4.78, 5) is 10.8. The quantitative estimate of drug-likeness (QED) is 0.635. The minimum absolute atomic E-state index is 0.141. The van der Waals surface area contributed by atoms with E-state index in [4.69, 9.17) is 10.1 Å². The molecule has 0 unspecified atom stereocenters. The lowest BCUT2D eigenvalue weighted by atomic mass is 10.5. The fraction of sp³-hybridized carbons (Fsp3) is 0.286. The zero-order valence-corrected chi connectivity index (χ0v) is 7.33. The first-order valence-corrected chi connectivity index (χ1v) is 3.72. The van der Waals surface area contributed by atoms with E-state index in [1.165, 1.54) is 13.4 Å². The normalized spacial score (nSPS) is 10.6. The van der Waals surface area contributed by atoms with E-state index in [0.717, 1.165) is 0 Å². The molecular formula is C7H9N5O. The van der Waals surface area contributed by atoms with Crippen LogP contribution in [0.5, 0.6) is 6.01 Å². The van der Waals surface area contributed by atoms with Crippen LogP contribution in [0, 0.1) is 5.41 Å². The van der Waals surface area contributed by atoms with E-state index in [1.54, 1.807) is 11.6 Å². The molecule has 13 heavy (non-hydrogen) atoms. The lowest BCUT2D eigenvalue weighted by molar-refractivity contribution is 0.361. The molecule has 0 aliphatic rings. The van der Waals surface area contributed by atoms with Crippen molar-refractivity contribution < 1.29 is 4.74 Å². The molecule has 2 aromatic heterocycles. The van der Waals surface area contributed by atoms with Crippen LogP contribution in [0.15, 0.2) is 6.33 Å². The van der Waals surface area contributed by atoms with Gasteiger partial charge in [-0.25, -0.2) is 4.98 Å². The molecule has 0 atom stereocenters. The maximum Gasteiger partial charge on any atom is 0.299 e. The number of fused-ring (bicyclic) bond motifs is 1. The number of aromatic amines is 1. The number of hydrogen-bond donors (Lipinski definition) is 2. The average Bonchev–Trinajstić information content (AvgIpc) is 2.60. The van der Waals surface area contributed by atoms with Crippen molar-refractivity contribution in [3.05, 3.63) is 11.8 Å². The van der Waals surface area contributed by atoms with E-state index in [-0.39, 0.29) is 5.49 Å². The summed E-state index contributed by atoms with van der Waals surface area (Å²) in [5.74, 6) is 0. The van der Waals surface area contributed by atoms with Crippen molar-refractivity contribution in [3.8, 4) is 6.01 Å². The van der Waals surface area contributed by atoms with E-state index in [0.29, 0.717) is 17.2 Å². The molecule has 6 heteroatoms. The Labute approximate surface area is 73.7 Å². The van der Waals surface area contributed by atoms with Crippen molar-refractivity contribution >= 4 is 11.2 Å². The number of methoxy groups -OCH3 is 1. The Hall–Kier alpha value is -1.85. The molecule has 2 heterocycles. The van der Waals surface area contributed by atoms with E-state index in [9.17, 15) is 0 Å². The van der Waals surface area contributed by atoms with Crippen LogP contribution in [-0.2, 0) is 7.05 Å². The molecular weight excluding hydrogens is 170 g/mol. The summed E-state index contributed by atoms with van der Waals surface area (Å²) in [5, 5.41) is 7.55. The average molecular weight is 179 g/mol. The number of aromatic nitrogens is 4. The minimum atomic E-state index is 0.141. The van der Waals surface area contributed by atoms with Gasteiger partial charge in [0.1, 0.15) is 5.52 Å². The second-order valence-corrected chi connectivity index (χ2v) is 2.61. The van der Waals surface area contributed by atoms with Crippen LogP contribution in [0.2, 0.25) is 0 Å². The van der Waals surface area contributed by atoms with Crippen LogP contribution in [0.1, 0.15) is 0 Å². The van der Waals surface area contributed by atoms with Gasteiger partial charge in [0.05, 0.1) is 13.4 Å². The van der Waals surface area contributed by atoms with Crippen LogP contribution in [-0.4, -0.2) is 26.6 Å². The predicted molar refractivity (Wildman–Crippen MR) is 45.3 cm³/mol. The Morgan fingerprint density at radius 1 is 1.62 bits per heavy atom. The number of hydrogen-bond acceptors (Lipinski definition) is 4. The van der Waals surface area contributed by atoms with Crippen LogP contribution < -0.4 is 10.2 Å². The third-order valence-electron chi connectivity index (χ3n) is 1.85. The number of nitrogens with one attached hydrogen (secondary N) is 2. The van der Waals surface area contributed by atoms with Gasteiger partial charge in [-0.05, 0) is 0 Å². The van der Waals surface area contributed by atoms with Crippen molar-refractivity contribution in [2.75, 3.05) is 7.11 Å². The smallest absolute Gasteiger partial charge is 0.299 e. The minimum Gasteiger partial charge on any atom is -0.468 e. The van der Waals surface area contributed by atoms with Gasteiger partial charge in [0.2, 0.25) is 0 Å². The summed E-state index contributed by atoms with van der Waals surface area (Å²) >= 11 is 0. The highest BCUT2D eigenvalue weighted by atomic mass is 16.5. The summed E-state index contributed by atoms with van der Waals surface area (Å²) in [5.41, 5.74) is 1.42. The third kappa shape index (κ3) is 0.986. The highest BCUT2D eigenvalue weighted by molar-refractivity contribution is 5.68. The van der Waals surface area contributed by atoms with Crippen molar-refractivity contribution in [1.29, 1.82) is 5.41 Å². The van der Waals surface area contributed by atoms with Crippen LogP contribution >= 0.6 is 0 Å². The van der Waals surface area contributed by atoms with Gasteiger partial charge in [0.25, 0.3) is 6.01 Å². The number of H-pyrrole nitrogens is 1. The van der Waals surface area contributed by atoms with E-state index < -0.39 is 0 Å². The standard InChI is InChI=1S/C7H9N5O/c1-12-6-4(9-3-10-6)5(8)11-7(12)13-2/h3,8H,1-2H3,(H,9,10). The van der Waals surface area contributed by atoms with E-state index >= 15 is 0 Å². The van der Waals surface area contributed by atoms with Gasteiger partial charge in [-0.2, -0.15) is 4.98 Å². The molecule has 6 nitrogen and oxygen atoms in total.